The standard InChI is InChI=1S/C25H22BrClN2O3/c1-31-25(30)22-15-19(27)5-7-23(22)28-20-6-8-24-18(14-20)9-11-29(24)16-17-3-2-4-21(13-17)32-12-10-26/h2-9,11,13-15,28H,10,12,16H2,1H3. The topological polar surface area (TPSA) is 52.5 Å². The fourth-order valence-electron chi connectivity index (χ4n) is 3.56. The van der Waals surface area contributed by atoms with E-state index in [9.17, 15) is 4.79 Å². The second-order valence-electron chi connectivity index (χ2n) is 7.21. The summed E-state index contributed by atoms with van der Waals surface area (Å²) in [4.78, 5) is 12.1. The van der Waals surface area contributed by atoms with Crippen molar-refractivity contribution in [3.05, 3.63) is 89.1 Å². The molecule has 7 heteroatoms. The number of ether oxygens (including phenoxy) is 2. The van der Waals surface area contributed by atoms with E-state index in [1.807, 2.05) is 18.2 Å². The molecule has 0 saturated carbocycles. The van der Waals surface area contributed by atoms with Crippen molar-refractivity contribution in [2.24, 2.45) is 0 Å². The van der Waals surface area contributed by atoms with Gasteiger partial charge in [0, 0.05) is 39.7 Å². The fraction of sp³-hybridized carbons (Fsp3) is 0.160. The SMILES string of the molecule is COC(=O)c1cc(Cl)ccc1Nc1ccc2c(ccn2Cc2cccc(OCCBr)c2)c1. The summed E-state index contributed by atoms with van der Waals surface area (Å²) in [6, 6.07) is 21.4. The molecule has 4 aromatic rings. The van der Waals surface area contributed by atoms with Gasteiger partial charge in [0.1, 0.15) is 5.75 Å². The van der Waals surface area contributed by atoms with E-state index >= 15 is 0 Å². The van der Waals surface area contributed by atoms with Crippen LogP contribution < -0.4 is 10.1 Å². The Bertz CT molecular complexity index is 1260. The number of hydrogen-bond donors (Lipinski definition) is 1. The van der Waals surface area contributed by atoms with Crippen LogP contribution in [0.2, 0.25) is 5.02 Å². The average molecular weight is 514 g/mol. The molecule has 1 N–H and O–H groups in total. The first-order chi connectivity index (χ1) is 15.6. The third-order valence-corrected chi connectivity index (χ3v) is 5.59. The second-order valence-corrected chi connectivity index (χ2v) is 8.44. The Morgan fingerprint density at radius 3 is 2.78 bits per heavy atom. The molecule has 0 amide bonds. The van der Waals surface area contributed by atoms with E-state index in [-0.39, 0.29) is 0 Å². The first-order valence-corrected chi connectivity index (χ1v) is 11.6. The maximum Gasteiger partial charge on any atom is 0.340 e. The van der Waals surface area contributed by atoms with Gasteiger partial charge in [-0.15, -0.1) is 0 Å². The summed E-state index contributed by atoms with van der Waals surface area (Å²) in [7, 11) is 1.35. The number of esters is 1. The second kappa shape index (κ2) is 10.1. The number of carbonyl (C=O) groups excluding carboxylic acids is 1. The quantitative estimate of drug-likeness (QED) is 0.212. The van der Waals surface area contributed by atoms with Crippen LogP contribution in [-0.4, -0.2) is 29.6 Å². The Labute approximate surface area is 200 Å². The highest BCUT2D eigenvalue weighted by atomic mass is 79.9. The molecule has 4 rings (SSSR count). The molecule has 0 spiro atoms. The molecule has 0 aliphatic carbocycles. The lowest BCUT2D eigenvalue weighted by Gasteiger charge is -2.12. The van der Waals surface area contributed by atoms with E-state index in [2.05, 4.69) is 62.3 Å². The highest BCUT2D eigenvalue weighted by Gasteiger charge is 2.13. The smallest absolute Gasteiger partial charge is 0.340 e. The largest absolute Gasteiger partial charge is 0.493 e. The minimum Gasteiger partial charge on any atom is -0.493 e. The number of alkyl halides is 1. The molecule has 164 valence electrons. The van der Waals surface area contributed by atoms with Crippen LogP contribution in [0.3, 0.4) is 0 Å². The zero-order valence-corrected chi connectivity index (χ0v) is 19.8. The summed E-state index contributed by atoms with van der Waals surface area (Å²) >= 11 is 9.44. The van der Waals surface area contributed by atoms with Gasteiger partial charge in [-0.2, -0.15) is 0 Å². The number of rotatable bonds is 8. The van der Waals surface area contributed by atoms with Crippen LogP contribution in [0.1, 0.15) is 15.9 Å². The Morgan fingerprint density at radius 1 is 1.09 bits per heavy atom. The zero-order chi connectivity index (χ0) is 22.5. The number of hydrogen-bond acceptors (Lipinski definition) is 4. The number of aromatic nitrogens is 1. The molecule has 0 aliphatic rings. The lowest BCUT2D eigenvalue weighted by atomic mass is 10.1. The first kappa shape index (κ1) is 22.2. The number of nitrogens with zero attached hydrogens (tertiary/aromatic N) is 1. The number of carbonyl (C=O) groups is 1. The Balaban J connectivity index is 1.56. The van der Waals surface area contributed by atoms with Crippen LogP contribution >= 0.6 is 27.5 Å². The molecule has 32 heavy (non-hydrogen) atoms. The summed E-state index contributed by atoms with van der Waals surface area (Å²) in [6.45, 7) is 1.38. The van der Waals surface area contributed by atoms with E-state index in [0.717, 1.165) is 34.2 Å². The van der Waals surface area contributed by atoms with Gasteiger partial charge in [0.05, 0.1) is 25.0 Å². The number of benzene rings is 3. The van der Waals surface area contributed by atoms with Crippen molar-refractivity contribution in [2.45, 2.75) is 6.54 Å². The third kappa shape index (κ3) is 5.09. The molecule has 0 bridgehead atoms. The van der Waals surface area contributed by atoms with Gasteiger partial charge in [0.25, 0.3) is 0 Å². The number of nitrogens with one attached hydrogen (secondary N) is 1. The summed E-state index contributed by atoms with van der Waals surface area (Å²) in [5.74, 6) is 0.429. The fourth-order valence-corrected chi connectivity index (χ4v) is 3.90. The van der Waals surface area contributed by atoms with Crippen molar-refractivity contribution in [2.75, 3.05) is 24.4 Å². The van der Waals surface area contributed by atoms with Gasteiger partial charge >= 0.3 is 5.97 Å². The summed E-state index contributed by atoms with van der Waals surface area (Å²) < 4.78 is 12.8. The molecule has 3 aromatic carbocycles. The highest BCUT2D eigenvalue weighted by molar-refractivity contribution is 9.09. The zero-order valence-electron chi connectivity index (χ0n) is 17.5. The van der Waals surface area contributed by atoms with Crippen molar-refractivity contribution in [1.82, 2.24) is 4.57 Å². The van der Waals surface area contributed by atoms with Crippen molar-refractivity contribution < 1.29 is 14.3 Å². The normalized spacial score (nSPS) is 10.8. The Hall–Kier alpha value is -2.96. The van der Waals surface area contributed by atoms with E-state index in [4.69, 9.17) is 21.1 Å². The molecule has 0 unspecified atom stereocenters. The van der Waals surface area contributed by atoms with Gasteiger partial charge in [-0.3, -0.25) is 0 Å². The minimum absolute atomic E-state index is 0.389. The molecule has 0 saturated heterocycles. The van der Waals surface area contributed by atoms with E-state index in [1.165, 1.54) is 12.7 Å². The Kier molecular flexibility index (Phi) is 7.02. The maximum atomic E-state index is 12.1. The van der Waals surface area contributed by atoms with Gasteiger partial charge in [-0.1, -0.05) is 39.7 Å². The minimum atomic E-state index is -0.440. The van der Waals surface area contributed by atoms with E-state index in [0.29, 0.717) is 22.9 Å². The summed E-state index contributed by atoms with van der Waals surface area (Å²) in [5, 5.41) is 5.67. The molecular formula is C25H22BrClN2O3. The molecular weight excluding hydrogens is 492 g/mol. The first-order valence-electron chi connectivity index (χ1n) is 10.1. The monoisotopic (exact) mass is 512 g/mol. The average Bonchev–Trinajstić information content (AvgIpc) is 3.20. The van der Waals surface area contributed by atoms with Crippen LogP contribution in [0.4, 0.5) is 11.4 Å². The van der Waals surface area contributed by atoms with Crippen molar-refractivity contribution in [3.63, 3.8) is 0 Å². The van der Waals surface area contributed by atoms with Gasteiger partial charge in [-0.05, 0) is 60.2 Å². The van der Waals surface area contributed by atoms with Gasteiger partial charge in [0.2, 0.25) is 0 Å². The van der Waals surface area contributed by atoms with Crippen LogP contribution in [-0.2, 0) is 11.3 Å². The third-order valence-electron chi connectivity index (χ3n) is 5.03. The number of anilines is 2. The maximum absolute atomic E-state index is 12.1. The van der Waals surface area contributed by atoms with Gasteiger partial charge < -0.3 is 19.4 Å². The molecule has 0 fully saturated rings. The van der Waals surface area contributed by atoms with Crippen molar-refractivity contribution >= 4 is 55.8 Å². The van der Waals surface area contributed by atoms with Gasteiger partial charge in [0.15, 0.2) is 0 Å². The van der Waals surface area contributed by atoms with Crippen molar-refractivity contribution in [1.29, 1.82) is 0 Å². The van der Waals surface area contributed by atoms with Crippen LogP contribution in [0, 0.1) is 0 Å². The molecule has 0 atom stereocenters. The summed E-state index contributed by atoms with van der Waals surface area (Å²) in [5.41, 5.74) is 4.18. The molecule has 0 aliphatic heterocycles. The number of fused-ring (bicyclic) bond motifs is 1. The lowest BCUT2D eigenvalue weighted by molar-refractivity contribution is 0.0602. The van der Waals surface area contributed by atoms with Gasteiger partial charge in [-0.25, -0.2) is 4.79 Å². The molecule has 5 nitrogen and oxygen atoms in total. The van der Waals surface area contributed by atoms with Crippen LogP contribution in [0.25, 0.3) is 10.9 Å². The Morgan fingerprint density at radius 2 is 1.97 bits per heavy atom. The van der Waals surface area contributed by atoms with E-state index < -0.39 is 5.97 Å². The van der Waals surface area contributed by atoms with Crippen LogP contribution in [0.5, 0.6) is 5.75 Å². The molecule has 1 heterocycles. The number of methoxy groups -OCH3 is 1. The predicted octanol–water partition coefficient (Wildman–Crippen LogP) is 6.65. The lowest BCUT2D eigenvalue weighted by Crippen LogP contribution is -2.05. The molecule has 0 radical (unpaired) electrons. The van der Waals surface area contributed by atoms with Crippen molar-refractivity contribution in [3.8, 4) is 5.75 Å². The predicted molar refractivity (Wildman–Crippen MR) is 133 cm³/mol. The van der Waals surface area contributed by atoms with Crippen LogP contribution in [0.15, 0.2) is 72.9 Å². The molecule has 1 aromatic heterocycles. The summed E-state index contributed by atoms with van der Waals surface area (Å²) in [6.07, 6.45) is 2.07. The van der Waals surface area contributed by atoms with E-state index in [1.54, 1.807) is 18.2 Å². The highest BCUT2D eigenvalue weighted by Crippen LogP contribution is 2.28. The number of halogens is 2.